The van der Waals surface area contributed by atoms with Crippen molar-refractivity contribution in [3.05, 3.63) is 0 Å². The Morgan fingerprint density at radius 1 is 1.43 bits per heavy atom. The second kappa shape index (κ2) is 3.89. The van der Waals surface area contributed by atoms with Crippen LogP contribution in [0.15, 0.2) is 0 Å². The fourth-order valence-corrected chi connectivity index (χ4v) is 2.00. The molecule has 1 aliphatic carbocycles. The highest BCUT2D eigenvalue weighted by molar-refractivity contribution is 5.80. The van der Waals surface area contributed by atoms with Crippen LogP contribution in [0.1, 0.15) is 32.6 Å². The maximum Gasteiger partial charge on any atom is 0.223 e. The highest BCUT2D eigenvalue weighted by Gasteiger charge is 2.32. The summed E-state index contributed by atoms with van der Waals surface area (Å²) in [6, 6.07) is 0. The summed E-state index contributed by atoms with van der Waals surface area (Å²) in [5.74, 6) is 0.630. The average Bonchev–Trinajstić information content (AvgIpc) is 2.99. The van der Waals surface area contributed by atoms with Crippen LogP contribution in [0, 0.1) is 11.3 Å². The molecule has 1 saturated heterocycles. The second-order valence-corrected chi connectivity index (χ2v) is 5.05. The average molecular weight is 196 g/mol. The summed E-state index contributed by atoms with van der Waals surface area (Å²) in [7, 11) is 0. The van der Waals surface area contributed by atoms with E-state index in [0.717, 1.165) is 32.5 Å². The Hall–Kier alpha value is -0.570. The number of rotatable bonds is 3. The van der Waals surface area contributed by atoms with Crippen molar-refractivity contribution in [3.8, 4) is 0 Å². The standard InChI is InChI=1S/C11H20N2O/c1-11(4-6-12-7-5-11)8-13-10(14)9-2-3-9/h9,12H,2-8H2,1H3,(H,13,14). The van der Waals surface area contributed by atoms with Crippen molar-refractivity contribution in [2.45, 2.75) is 32.6 Å². The van der Waals surface area contributed by atoms with E-state index in [0.29, 0.717) is 11.3 Å². The van der Waals surface area contributed by atoms with Gasteiger partial charge in [-0.15, -0.1) is 0 Å². The Bertz CT molecular complexity index is 217. The third-order valence-electron chi connectivity index (χ3n) is 3.45. The first-order valence-electron chi connectivity index (χ1n) is 5.68. The van der Waals surface area contributed by atoms with Crippen molar-refractivity contribution in [3.63, 3.8) is 0 Å². The van der Waals surface area contributed by atoms with Crippen LogP contribution >= 0.6 is 0 Å². The number of hydrogen-bond donors (Lipinski definition) is 2. The fraction of sp³-hybridized carbons (Fsp3) is 0.909. The molecule has 1 aliphatic heterocycles. The maximum absolute atomic E-state index is 11.5. The molecule has 3 heteroatoms. The van der Waals surface area contributed by atoms with Gasteiger partial charge in [0.1, 0.15) is 0 Å². The van der Waals surface area contributed by atoms with Gasteiger partial charge in [-0.1, -0.05) is 6.92 Å². The lowest BCUT2D eigenvalue weighted by molar-refractivity contribution is -0.122. The minimum Gasteiger partial charge on any atom is -0.355 e. The van der Waals surface area contributed by atoms with E-state index in [9.17, 15) is 4.79 Å². The maximum atomic E-state index is 11.5. The van der Waals surface area contributed by atoms with Crippen molar-refractivity contribution in [2.24, 2.45) is 11.3 Å². The van der Waals surface area contributed by atoms with E-state index in [2.05, 4.69) is 17.6 Å². The highest BCUT2D eigenvalue weighted by atomic mass is 16.2. The molecular weight excluding hydrogens is 176 g/mol. The van der Waals surface area contributed by atoms with Crippen molar-refractivity contribution < 1.29 is 4.79 Å². The summed E-state index contributed by atoms with van der Waals surface area (Å²) in [6.45, 7) is 5.33. The van der Waals surface area contributed by atoms with Crippen LogP contribution < -0.4 is 10.6 Å². The molecule has 0 aromatic rings. The first-order chi connectivity index (χ1) is 6.70. The zero-order valence-corrected chi connectivity index (χ0v) is 8.94. The van der Waals surface area contributed by atoms with Crippen LogP contribution in [0.25, 0.3) is 0 Å². The Morgan fingerprint density at radius 2 is 2.07 bits per heavy atom. The van der Waals surface area contributed by atoms with Gasteiger partial charge in [-0.2, -0.15) is 0 Å². The van der Waals surface area contributed by atoms with Crippen LogP contribution in [0.4, 0.5) is 0 Å². The predicted molar refractivity (Wildman–Crippen MR) is 55.9 cm³/mol. The van der Waals surface area contributed by atoms with Crippen molar-refractivity contribution in [1.29, 1.82) is 0 Å². The Kier molecular flexibility index (Phi) is 2.77. The van der Waals surface area contributed by atoms with Crippen LogP contribution in [0.5, 0.6) is 0 Å². The summed E-state index contributed by atoms with van der Waals surface area (Å²) in [6.07, 6.45) is 4.56. The second-order valence-electron chi connectivity index (χ2n) is 5.05. The van der Waals surface area contributed by atoms with E-state index in [1.54, 1.807) is 0 Å². The van der Waals surface area contributed by atoms with Gasteiger partial charge in [-0.05, 0) is 44.2 Å². The number of nitrogens with one attached hydrogen (secondary N) is 2. The Labute approximate surface area is 85.6 Å². The van der Waals surface area contributed by atoms with Crippen molar-refractivity contribution >= 4 is 5.91 Å². The summed E-state index contributed by atoms with van der Waals surface area (Å²) >= 11 is 0. The van der Waals surface area contributed by atoms with E-state index >= 15 is 0 Å². The van der Waals surface area contributed by atoms with Crippen LogP contribution in [0.2, 0.25) is 0 Å². The van der Waals surface area contributed by atoms with Crippen molar-refractivity contribution in [2.75, 3.05) is 19.6 Å². The molecule has 2 N–H and O–H groups in total. The summed E-state index contributed by atoms with van der Waals surface area (Å²) in [5.41, 5.74) is 0.329. The molecule has 1 amide bonds. The van der Waals surface area contributed by atoms with Gasteiger partial charge >= 0.3 is 0 Å². The largest absolute Gasteiger partial charge is 0.355 e. The predicted octanol–water partition coefficient (Wildman–Crippen LogP) is 0.902. The molecule has 14 heavy (non-hydrogen) atoms. The molecule has 0 bridgehead atoms. The lowest BCUT2D eigenvalue weighted by Crippen LogP contribution is -2.43. The SMILES string of the molecule is CC1(CNC(=O)C2CC2)CCNCC1. The van der Waals surface area contributed by atoms with E-state index in [1.165, 1.54) is 12.8 Å². The smallest absolute Gasteiger partial charge is 0.223 e. The van der Waals surface area contributed by atoms with E-state index in [4.69, 9.17) is 0 Å². The number of carbonyl (C=O) groups excluding carboxylic acids is 1. The Balaban J connectivity index is 1.74. The molecule has 1 heterocycles. The summed E-state index contributed by atoms with van der Waals surface area (Å²) in [5, 5.41) is 6.44. The third kappa shape index (κ3) is 2.47. The quantitative estimate of drug-likeness (QED) is 0.704. The molecule has 1 saturated carbocycles. The topological polar surface area (TPSA) is 41.1 Å². The van der Waals surface area contributed by atoms with E-state index < -0.39 is 0 Å². The minimum absolute atomic E-state index is 0.282. The molecule has 0 atom stereocenters. The van der Waals surface area contributed by atoms with Gasteiger partial charge in [0.05, 0.1) is 0 Å². The lowest BCUT2D eigenvalue weighted by atomic mass is 9.81. The van der Waals surface area contributed by atoms with Gasteiger partial charge in [0, 0.05) is 12.5 Å². The van der Waals surface area contributed by atoms with Crippen LogP contribution in [-0.2, 0) is 4.79 Å². The van der Waals surface area contributed by atoms with E-state index in [-0.39, 0.29) is 5.91 Å². The molecule has 0 radical (unpaired) electrons. The summed E-state index contributed by atoms with van der Waals surface area (Å²) in [4.78, 5) is 11.5. The molecule has 0 spiro atoms. The molecule has 2 rings (SSSR count). The molecule has 80 valence electrons. The number of amides is 1. The Morgan fingerprint density at radius 3 is 2.64 bits per heavy atom. The van der Waals surface area contributed by atoms with Gasteiger partial charge in [0.2, 0.25) is 5.91 Å². The molecule has 0 aromatic heterocycles. The third-order valence-corrected chi connectivity index (χ3v) is 3.45. The molecule has 0 aromatic carbocycles. The molecular formula is C11H20N2O. The molecule has 3 nitrogen and oxygen atoms in total. The number of hydrogen-bond acceptors (Lipinski definition) is 2. The lowest BCUT2D eigenvalue weighted by Gasteiger charge is -2.34. The van der Waals surface area contributed by atoms with Crippen LogP contribution in [-0.4, -0.2) is 25.5 Å². The first-order valence-corrected chi connectivity index (χ1v) is 5.68. The highest BCUT2D eigenvalue weighted by Crippen LogP contribution is 2.30. The van der Waals surface area contributed by atoms with Gasteiger partial charge in [0.25, 0.3) is 0 Å². The van der Waals surface area contributed by atoms with Crippen molar-refractivity contribution in [1.82, 2.24) is 10.6 Å². The minimum atomic E-state index is 0.282. The van der Waals surface area contributed by atoms with Gasteiger partial charge < -0.3 is 10.6 Å². The number of piperidine rings is 1. The van der Waals surface area contributed by atoms with Gasteiger partial charge in [0.15, 0.2) is 0 Å². The summed E-state index contributed by atoms with van der Waals surface area (Å²) < 4.78 is 0. The zero-order chi connectivity index (χ0) is 10.0. The van der Waals surface area contributed by atoms with E-state index in [1.807, 2.05) is 0 Å². The van der Waals surface area contributed by atoms with Crippen LogP contribution in [0.3, 0.4) is 0 Å². The fourth-order valence-electron chi connectivity index (χ4n) is 2.00. The molecule has 2 fully saturated rings. The normalized spacial score (nSPS) is 25.8. The monoisotopic (exact) mass is 196 g/mol. The molecule has 2 aliphatic rings. The van der Waals surface area contributed by atoms with Gasteiger partial charge in [-0.3, -0.25) is 4.79 Å². The number of carbonyl (C=O) groups is 1. The zero-order valence-electron chi connectivity index (χ0n) is 8.94. The first kappa shape index (κ1) is 9.97. The molecule has 0 unspecified atom stereocenters. The van der Waals surface area contributed by atoms with Gasteiger partial charge in [-0.25, -0.2) is 0 Å².